The normalized spacial score (nSPS) is 11.4. The number of carbonyl (C=O) groups is 1. The fraction of sp³-hybridized carbons (Fsp3) is 0.889. The molecule has 0 aliphatic carbocycles. The molecule has 0 bridgehead atoms. The summed E-state index contributed by atoms with van der Waals surface area (Å²) >= 11 is 5.46. The Morgan fingerprint density at radius 2 is 1.92 bits per heavy atom. The lowest BCUT2D eigenvalue weighted by atomic mass is 9.96. The molecule has 0 saturated heterocycles. The minimum absolute atomic E-state index is 0.125. The Labute approximate surface area is 79.9 Å². The van der Waals surface area contributed by atoms with E-state index in [2.05, 4.69) is 20.8 Å². The van der Waals surface area contributed by atoms with Crippen molar-refractivity contribution in [2.24, 2.45) is 5.41 Å². The first-order valence-corrected chi connectivity index (χ1v) is 4.70. The highest BCUT2D eigenvalue weighted by molar-refractivity contribution is 6.18. The third-order valence-corrected chi connectivity index (χ3v) is 1.63. The molecule has 2 nitrogen and oxygen atoms in total. The molecule has 0 spiro atoms. The van der Waals surface area contributed by atoms with Gasteiger partial charge in [-0.15, -0.1) is 11.6 Å². The highest BCUT2D eigenvalue weighted by Crippen LogP contribution is 2.14. The van der Waals surface area contributed by atoms with E-state index in [4.69, 9.17) is 11.6 Å². The molecule has 0 aromatic carbocycles. The van der Waals surface area contributed by atoms with Gasteiger partial charge in [0, 0.05) is 25.9 Å². The number of hydrogen-bond acceptors (Lipinski definition) is 1. The van der Waals surface area contributed by atoms with Gasteiger partial charge in [0.2, 0.25) is 5.91 Å². The lowest BCUT2D eigenvalue weighted by Gasteiger charge is -2.26. The smallest absolute Gasteiger partial charge is 0.223 e. The highest BCUT2D eigenvalue weighted by atomic mass is 35.5. The Morgan fingerprint density at radius 1 is 1.42 bits per heavy atom. The van der Waals surface area contributed by atoms with Crippen LogP contribution in [0.2, 0.25) is 0 Å². The van der Waals surface area contributed by atoms with Crippen molar-refractivity contribution in [1.82, 2.24) is 4.90 Å². The van der Waals surface area contributed by atoms with E-state index >= 15 is 0 Å². The third kappa shape index (κ3) is 5.42. The second kappa shape index (κ2) is 4.70. The molecular formula is C9H18ClNO. The van der Waals surface area contributed by atoms with Crippen LogP contribution in [0, 0.1) is 5.41 Å². The molecule has 0 heterocycles. The molecule has 3 heteroatoms. The van der Waals surface area contributed by atoms with Crippen LogP contribution in [0.3, 0.4) is 0 Å². The lowest BCUT2D eigenvalue weighted by molar-refractivity contribution is -0.130. The molecule has 0 saturated carbocycles. The van der Waals surface area contributed by atoms with Crippen molar-refractivity contribution in [3.63, 3.8) is 0 Å². The Hall–Kier alpha value is -0.240. The number of halogens is 1. The summed E-state index contributed by atoms with van der Waals surface area (Å²) in [6, 6.07) is 0. The largest absolute Gasteiger partial charge is 0.345 e. The predicted octanol–water partition coefficient (Wildman–Crippen LogP) is 2.12. The topological polar surface area (TPSA) is 20.3 Å². The lowest BCUT2D eigenvalue weighted by Crippen LogP contribution is -2.34. The first-order chi connectivity index (χ1) is 5.37. The second-order valence-electron chi connectivity index (χ2n) is 4.25. The fourth-order valence-corrected chi connectivity index (χ4v) is 1.23. The van der Waals surface area contributed by atoms with Gasteiger partial charge in [0.25, 0.3) is 0 Å². The van der Waals surface area contributed by atoms with Gasteiger partial charge in [-0.2, -0.15) is 0 Å². The van der Waals surface area contributed by atoms with Gasteiger partial charge in [-0.1, -0.05) is 20.8 Å². The Kier molecular flexibility index (Phi) is 4.61. The molecule has 0 aromatic rings. The van der Waals surface area contributed by atoms with Gasteiger partial charge < -0.3 is 4.90 Å². The van der Waals surface area contributed by atoms with Crippen LogP contribution in [0.25, 0.3) is 0 Å². The molecule has 0 aliphatic heterocycles. The average Bonchev–Trinajstić information content (AvgIpc) is 1.84. The van der Waals surface area contributed by atoms with Crippen molar-refractivity contribution in [2.75, 3.05) is 19.5 Å². The summed E-state index contributed by atoms with van der Waals surface area (Å²) in [5.41, 5.74) is 0.163. The van der Waals surface area contributed by atoms with Crippen LogP contribution in [-0.4, -0.2) is 30.3 Å². The summed E-state index contributed by atoms with van der Waals surface area (Å²) in [7, 11) is 1.82. The number of hydrogen-bond donors (Lipinski definition) is 0. The maximum absolute atomic E-state index is 11.3. The van der Waals surface area contributed by atoms with Crippen LogP contribution in [0.5, 0.6) is 0 Å². The molecule has 0 aliphatic rings. The van der Waals surface area contributed by atoms with Crippen LogP contribution < -0.4 is 0 Å². The molecule has 72 valence electrons. The van der Waals surface area contributed by atoms with E-state index < -0.39 is 0 Å². The monoisotopic (exact) mass is 191 g/mol. The standard InChI is InChI=1S/C9H18ClNO/c1-9(2,3)7-11(4)8(12)5-6-10/h5-7H2,1-4H3. The molecule has 0 fully saturated rings. The van der Waals surface area contributed by atoms with Crippen molar-refractivity contribution < 1.29 is 4.79 Å². The highest BCUT2D eigenvalue weighted by Gasteiger charge is 2.16. The van der Waals surface area contributed by atoms with Gasteiger partial charge in [0.15, 0.2) is 0 Å². The zero-order valence-corrected chi connectivity index (χ0v) is 9.11. The summed E-state index contributed by atoms with van der Waals surface area (Å²) in [4.78, 5) is 13.0. The Morgan fingerprint density at radius 3 is 2.25 bits per heavy atom. The fourth-order valence-electron chi connectivity index (χ4n) is 1.07. The van der Waals surface area contributed by atoms with Crippen LogP contribution >= 0.6 is 11.6 Å². The molecule has 0 aromatic heterocycles. The first-order valence-electron chi connectivity index (χ1n) is 4.17. The quantitative estimate of drug-likeness (QED) is 0.626. The second-order valence-corrected chi connectivity index (χ2v) is 4.63. The van der Waals surface area contributed by atoms with Crippen LogP contribution in [0.15, 0.2) is 0 Å². The van der Waals surface area contributed by atoms with Gasteiger partial charge in [-0.05, 0) is 5.41 Å². The van der Waals surface area contributed by atoms with Gasteiger partial charge in [0.05, 0.1) is 0 Å². The van der Waals surface area contributed by atoms with Gasteiger partial charge in [0.1, 0.15) is 0 Å². The van der Waals surface area contributed by atoms with Crippen molar-refractivity contribution in [3.05, 3.63) is 0 Å². The molecule has 1 amide bonds. The van der Waals surface area contributed by atoms with Gasteiger partial charge in [-0.25, -0.2) is 0 Å². The van der Waals surface area contributed by atoms with E-state index in [0.29, 0.717) is 12.3 Å². The van der Waals surface area contributed by atoms with Crippen molar-refractivity contribution >= 4 is 17.5 Å². The third-order valence-electron chi connectivity index (χ3n) is 1.45. The number of carbonyl (C=O) groups excluding carboxylic acids is 1. The van der Waals surface area contributed by atoms with E-state index in [1.165, 1.54) is 0 Å². The summed E-state index contributed by atoms with van der Waals surface area (Å²) in [6.45, 7) is 7.11. The Balaban J connectivity index is 3.87. The molecule has 0 unspecified atom stereocenters. The van der Waals surface area contributed by atoms with E-state index in [1.807, 2.05) is 7.05 Å². The molecule has 0 rings (SSSR count). The number of nitrogens with zero attached hydrogens (tertiary/aromatic N) is 1. The minimum Gasteiger partial charge on any atom is -0.345 e. The molecule has 0 radical (unpaired) electrons. The molecular weight excluding hydrogens is 174 g/mol. The maximum atomic E-state index is 11.3. The maximum Gasteiger partial charge on any atom is 0.223 e. The minimum atomic E-state index is 0.125. The average molecular weight is 192 g/mol. The molecule has 12 heavy (non-hydrogen) atoms. The number of rotatable bonds is 3. The van der Waals surface area contributed by atoms with Crippen LogP contribution in [0.1, 0.15) is 27.2 Å². The van der Waals surface area contributed by atoms with E-state index in [0.717, 1.165) is 6.54 Å². The van der Waals surface area contributed by atoms with Crippen molar-refractivity contribution in [2.45, 2.75) is 27.2 Å². The van der Waals surface area contributed by atoms with E-state index in [9.17, 15) is 4.79 Å². The van der Waals surface area contributed by atoms with Crippen LogP contribution in [-0.2, 0) is 4.79 Å². The summed E-state index contributed by atoms with van der Waals surface area (Å²) in [6.07, 6.45) is 0.439. The summed E-state index contributed by atoms with van der Waals surface area (Å²) in [5, 5.41) is 0. The summed E-state index contributed by atoms with van der Waals surface area (Å²) < 4.78 is 0. The number of amides is 1. The van der Waals surface area contributed by atoms with E-state index in [-0.39, 0.29) is 11.3 Å². The number of alkyl halides is 1. The molecule has 0 atom stereocenters. The predicted molar refractivity (Wildman–Crippen MR) is 52.4 cm³/mol. The zero-order chi connectivity index (χ0) is 9.78. The van der Waals surface area contributed by atoms with Gasteiger partial charge in [-0.3, -0.25) is 4.79 Å². The van der Waals surface area contributed by atoms with Crippen LogP contribution in [0.4, 0.5) is 0 Å². The first kappa shape index (κ1) is 11.8. The zero-order valence-electron chi connectivity index (χ0n) is 8.35. The van der Waals surface area contributed by atoms with E-state index in [1.54, 1.807) is 4.90 Å². The Bertz CT molecular complexity index is 151. The van der Waals surface area contributed by atoms with Crippen molar-refractivity contribution in [1.29, 1.82) is 0 Å². The molecule has 0 N–H and O–H groups in total. The SMILES string of the molecule is CN(CC(C)(C)C)C(=O)CCCl. The van der Waals surface area contributed by atoms with Gasteiger partial charge >= 0.3 is 0 Å². The van der Waals surface area contributed by atoms with Crippen molar-refractivity contribution in [3.8, 4) is 0 Å². The summed E-state index contributed by atoms with van der Waals surface area (Å²) in [5.74, 6) is 0.535.